The Labute approximate surface area is 113 Å². The molecule has 1 aromatic carbocycles. The Kier molecular flexibility index (Phi) is 4.51. The van der Waals surface area contributed by atoms with Gasteiger partial charge in [-0.25, -0.2) is 0 Å². The Bertz CT molecular complexity index is 453. The van der Waals surface area contributed by atoms with Crippen LogP contribution < -0.4 is 10.6 Å². The van der Waals surface area contributed by atoms with E-state index >= 15 is 0 Å². The standard InChI is InChI=1S/C14H19N3S/c1-18-14-6-2-5-13(12(14)9-16)17-7-3-4-11(8-15)10-17/h2,5-6,11H,3-4,7-8,10,15H2,1H3. The fraction of sp³-hybridized carbons (Fsp3) is 0.500. The molecule has 2 N–H and O–H groups in total. The highest BCUT2D eigenvalue weighted by atomic mass is 32.2. The molecule has 0 saturated carbocycles. The van der Waals surface area contributed by atoms with Gasteiger partial charge in [-0.3, -0.25) is 0 Å². The Morgan fingerprint density at radius 1 is 1.56 bits per heavy atom. The zero-order valence-corrected chi connectivity index (χ0v) is 11.5. The van der Waals surface area contributed by atoms with E-state index in [-0.39, 0.29) is 0 Å². The SMILES string of the molecule is CSc1cccc(N2CCCC(CN)C2)c1C#N. The summed E-state index contributed by atoms with van der Waals surface area (Å²) in [5.74, 6) is 0.559. The van der Waals surface area contributed by atoms with E-state index in [9.17, 15) is 5.26 Å². The van der Waals surface area contributed by atoms with Crippen LogP contribution in [0.15, 0.2) is 23.1 Å². The molecule has 1 aliphatic heterocycles. The van der Waals surface area contributed by atoms with Crippen molar-refractivity contribution in [2.75, 3.05) is 30.8 Å². The van der Waals surface area contributed by atoms with Crippen LogP contribution in [-0.2, 0) is 0 Å². The topological polar surface area (TPSA) is 53.0 Å². The molecule has 1 atom stereocenters. The summed E-state index contributed by atoms with van der Waals surface area (Å²) in [6.07, 6.45) is 4.38. The maximum absolute atomic E-state index is 9.37. The highest BCUT2D eigenvalue weighted by molar-refractivity contribution is 7.98. The van der Waals surface area contributed by atoms with E-state index in [2.05, 4.69) is 17.0 Å². The molecule has 0 amide bonds. The lowest BCUT2D eigenvalue weighted by atomic mass is 9.97. The first kappa shape index (κ1) is 13.3. The molecule has 0 radical (unpaired) electrons. The third-order valence-electron chi connectivity index (χ3n) is 3.53. The average molecular weight is 261 g/mol. The van der Waals surface area contributed by atoms with Gasteiger partial charge in [0.2, 0.25) is 0 Å². The van der Waals surface area contributed by atoms with Gasteiger partial charge in [-0.2, -0.15) is 5.26 Å². The summed E-state index contributed by atoms with van der Waals surface area (Å²) in [7, 11) is 0. The number of piperidine rings is 1. The van der Waals surface area contributed by atoms with Crippen LogP contribution in [0.4, 0.5) is 5.69 Å². The Morgan fingerprint density at radius 2 is 2.39 bits per heavy atom. The Balaban J connectivity index is 2.30. The molecule has 4 heteroatoms. The summed E-state index contributed by atoms with van der Waals surface area (Å²) in [6.45, 7) is 2.74. The van der Waals surface area contributed by atoms with Crippen molar-refractivity contribution in [2.45, 2.75) is 17.7 Å². The second-order valence-electron chi connectivity index (χ2n) is 4.66. The number of nitriles is 1. The lowest BCUT2D eigenvalue weighted by Crippen LogP contribution is -2.38. The molecule has 1 aromatic rings. The third kappa shape index (κ3) is 2.63. The van der Waals surface area contributed by atoms with Gasteiger partial charge in [0.15, 0.2) is 0 Å². The van der Waals surface area contributed by atoms with Gasteiger partial charge in [-0.05, 0) is 43.7 Å². The smallest absolute Gasteiger partial charge is 0.103 e. The fourth-order valence-electron chi connectivity index (χ4n) is 2.54. The van der Waals surface area contributed by atoms with E-state index in [1.54, 1.807) is 11.8 Å². The van der Waals surface area contributed by atoms with E-state index in [0.717, 1.165) is 42.2 Å². The van der Waals surface area contributed by atoms with E-state index < -0.39 is 0 Å². The van der Waals surface area contributed by atoms with Crippen molar-refractivity contribution in [1.82, 2.24) is 0 Å². The molecule has 1 unspecified atom stereocenters. The zero-order valence-electron chi connectivity index (χ0n) is 10.7. The molecule has 0 bridgehead atoms. The first-order valence-corrected chi connectivity index (χ1v) is 7.54. The van der Waals surface area contributed by atoms with Gasteiger partial charge in [-0.15, -0.1) is 11.8 Å². The largest absolute Gasteiger partial charge is 0.370 e. The van der Waals surface area contributed by atoms with Crippen molar-refractivity contribution in [3.63, 3.8) is 0 Å². The number of hydrogen-bond acceptors (Lipinski definition) is 4. The molecular weight excluding hydrogens is 242 g/mol. The number of thioether (sulfide) groups is 1. The van der Waals surface area contributed by atoms with Crippen LogP contribution in [0.1, 0.15) is 18.4 Å². The summed E-state index contributed by atoms with van der Waals surface area (Å²) in [4.78, 5) is 3.38. The molecule has 1 fully saturated rings. The van der Waals surface area contributed by atoms with Gasteiger partial charge < -0.3 is 10.6 Å². The molecule has 1 aliphatic rings. The molecule has 0 aromatic heterocycles. The van der Waals surface area contributed by atoms with Crippen LogP contribution in [0, 0.1) is 17.2 Å². The molecule has 1 heterocycles. The third-order valence-corrected chi connectivity index (χ3v) is 4.31. The van der Waals surface area contributed by atoms with Gasteiger partial charge >= 0.3 is 0 Å². The average Bonchev–Trinajstić information content (AvgIpc) is 2.46. The molecule has 0 aliphatic carbocycles. The van der Waals surface area contributed by atoms with Crippen LogP contribution in [0.2, 0.25) is 0 Å². The Morgan fingerprint density at radius 3 is 3.06 bits per heavy atom. The van der Waals surface area contributed by atoms with E-state index in [0.29, 0.717) is 5.92 Å². The van der Waals surface area contributed by atoms with Crippen molar-refractivity contribution in [2.24, 2.45) is 11.7 Å². The summed E-state index contributed by atoms with van der Waals surface area (Å²) in [5.41, 5.74) is 7.65. The van der Waals surface area contributed by atoms with E-state index in [4.69, 9.17) is 5.73 Å². The molecule has 0 spiro atoms. The van der Waals surface area contributed by atoms with Gasteiger partial charge in [0.05, 0.1) is 11.3 Å². The number of anilines is 1. The number of rotatable bonds is 3. The summed E-state index contributed by atoms with van der Waals surface area (Å²) >= 11 is 1.63. The maximum Gasteiger partial charge on any atom is 0.103 e. The summed E-state index contributed by atoms with van der Waals surface area (Å²) in [6, 6.07) is 8.45. The van der Waals surface area contributed by atoms with Gasteiger partial charge in [0, 0.05) is 18.0 Å². The number of benzene rings is 1. The second kappa shape index (κ2) is 6.12. The van der Waals surface area contributed by atoms with Gasteiger partial charge in [-0.1, -0.05) is 6.07 Å². The van der Waals surface area contributed by atoms with E-state index in [1.807, 2.05) is 18.4 Å². The van der Waals surface area contributed by atoms with Gasteiger partial charge in [0.25, 0.3) is 0 Å². The minimum absolute atomic E-state index is 0.559. The van der Waals surface area contributed by atoms with E-state index in [1.165, 1.54) is 6.42 Å². The number of nitrogens with zero attached hydrogens (tertiary/aromatic N) is 2. The first-order valence-electron chi connectivity index (χ1n) is 6.32. The van der Waals surface area contributed by atoms with Crippen LogP contribution in [-0.4, -0.2) is 25.9 Å². The molecular formula is C14H19N3S. The molecule has 1 saturated heterocycles. The maximum atomic E-state index is 9.37. The molecule has 2 rings (SSSR count). The first-order chi connectivity index (χ1) is 8.80. The fourth-order valence-corrected chi connectivity index (χ4v) is 3.11. The summed E-state index contributed by atoms with van der Waals surface area (Å²) < 4.78 is 0. The normalized spacial score (nSPS) is 19.6. The highest BCUT2D eigenvalue weighted by Crippen LogP contribution is 2.31. The molecule has 18 heavy (non-hydrogen) atoms. The van der Waals surface area contributed by atoms with Crippen molar-refractivity contribution in [3.8, 4) is 6.07 Å². The number of hydrogen-bond donors (Lipinski definition) is 1. The van der Waals surface area contributed by atoms with Crippen LogP contribution in [0.5, 0.6) is 0 Å². The number of nitrogens with two attached hydrogens (primary N) is 1. The van der Waals surface area contributed by atoms with Crippen LogP contribution in [0.25, 0.3) is 0 Å². The van der Waals surface area contributed by atoms with Crippen LogP contribution >= 0.6 is 11.8 Å². The minimum atomic E-state index is 0.559. The van der Waals surface area contributed by atoms with Crippen molar-refractivity contribution in [1.29, 1.82) is 5.26 Å². The minimum Gasteiger partial charge on any atom is -0.370 e. The predicted molar refractivity (Wildman–Crippen MR) is 76.9 cm³/mol. The predicted octanol–water partition coefficient (Wildman–Crippen LogP) is 2.46. The monoisotopic (exact) mass is 261 g/mol. The molecule has 96 valence electrons. The van der Waals surface area contributed by atoms with Crippen molar-refractivity contribution < 1.29 is 0 Å². The van der Waals surface area contributed by atoms with Gasteiger partial charge in [0.1, 0.15) is 6.07 Å². The molecule has 3 nitrogen and oxygen atoms in total. The second-order valence-corrected chi connectivity index (χ2v) is 5.50. The summed E-state index contributed by atoms with van der Waals surface area (Å²) in [5, 5.41) is 9.37. The zero-order chi connectivity index (χ0) is 13.0. The Hall–Kier alpha value is -1.18. The lowest BCUT2D eigenvalue weighted by Gasteiger charge is -2.34. The van der Waals surface area contributed by atoms with Crippen LogP contribution in [0.3, 0.4) is 0 Å². The van der Waals surface area contributed by atoms with Crippen molar-refractivity contribution in [3.05, 3.63) is 23.8 Å². The van der Waals surface area contributed by atoms with Crippen molar-refractivity contribution >= 4 is 17.4 Å². The lowest BCUT2D eigenvalue weighted by molar-refractivity contribution is 0.423. The quantitative estimate of drug-likeness (QED) is 0.849. The highest BCUT2D eigenvalue weighted by Gasteiger charge is 2.21.